The van der Waals surface area contributed by atoms with E-state index in [-0.39, 0.29) is 0 Å². The summed E-state index contributed by atoms with van der Waals surface area (Å²) in [7, 11) is 0. The van der Waals surface area contributed by atoms with Crippen molar-refractivity contribution in [2.75, 3.05) is 6.61 Å². The number of fused-ring (bicyclic) bond motifs is 3. The van der Waals surface area contributed by atoms with Gasteiger partial charge in [0.1, 0.15) is 11.3 Å². The highest BCUT2D eigenvalue weighted by molar-refractivity contribution is 7.98. The van der Waals surface area contributed by atoms with Crippen LogP contribution in [-0.2, 0) is 5.75 Å². The molecule has 33 heavy (non-hydrogen) atoms. The lowest BCUT2D eigenvalue weighted by Crippen LogP contribution is -1.96. The summed E-state index contributed by atoms with van der Waals surface area (Å²) < 4.78 is 9.56. The minimum atomic E-state index is 0.660. The zero-order chi connectivity index (χ0) is 22.6. The lowest BCUT2D eigenvalue weighted by molar-refractivity contribution is 0.309. The summed E-state index contributed by atoms with van der Waals surface area (Å²) in [5, 5.41) is 23.4. The maximum atomic E-state index is 9.10. The first-order valence-electron chi connectivity index (χ1n) is 10.8. The van der Waals surface area contributed by atoms with Gasteiger partial charge in [0.05, 0.1) is 23.9 Å². The second-order valence-electron chi connectivity index (χ2n) is 7.66. The fourth-order valence-electron chi connectivity index (χ4n) is 3.57. The van der Waals surface area contributed by atoms with Crippen LogP contribution in [0.2, 0.25) is 0 Å². The Bertz CT molecular complexity index is 1450. The van der Waals surface area contributed by atoms with Crippen molar-refractivity contribution in [2.24, 2.45) is 0 Å². The number of hydrogen-bond acceptors (Lipinski definition) is 6. The van der Waals surface area contributed by atoms with Gasteiger partial charge in [-0.2, -0.15) is 10.4 Å². The largest absolute Gasteiger partial charge is 0.494 e. The molecule has 0 aliphatic carbocycles. The van der Waals surface area contributed by atoms with Gasteiger partial charge in [0.25, 0.3) is 0 Å². The fourth-order valence-corrected chi connectivity index (χ4v) is 4.43. The maximum absolute atomic E-state index is 9.10. The first-order valence-corrected chi connectivity index (χ1v) is 11.8. The van der Waals surface area contributed by atoms with Gasteiger partial charge in [-0.3, -0.25) is 4.40 Å². The molecule has 0 saturated carbocycles. The van der Waals surface area contributed by atoms with Crippen LogP contribution in [0.25, 0.3) is 22.4 Å². The number of nitrogens with zero attached hydrogens (tertiary/aromatic N) is 6. The summed E-state index contributed by atoms with van der Waals surface area (Å²) in [6.45, 7) is 2.89. The van der Waals surface area contributed by atoms with Crippen LogP contribution in [0.1, 0.15) is 30.9 Å². The SMILES string of the molecule is CCCCOc1ccc(-c2cc3c4nnc(SCc5cccc(C#N)c5)n4ccn3n2)cc1. The molecule has 5 aromatic rings. The number of rotatable bonds is 8. The Labute approximate surface area is 195 Å². The van der Waals surface area contributed by atoms with Crippen molar-refractivity contribution in [1.82, 2.24) is 24.2 Å². The van der Waals surface area contributed by atoms with E-state index in [1.165, 1.54) is 0 Å². The summed E-state index contributed by atoms with van der Waals surface area (Å²) in [6.07, 6.45) is 6.01. The van der Waals surface area contributed by atoms with E-state index in [0.29, 0.717) is 11.3 Å². The summed E-state index contributed by atoms with van der Waals surface area (Å²) in [6, 6.07) is 19.9. The molecule has 0 N–H and O–H groups in total. The number of hydrogen-bond donors (Lipinski definition) is 0. The van der Waals surface area contributed by atoms with E-state index in [2.05, 4.69) is 23.2 Å². The summed E-state index contributed by atoms with van der Waals surface area (Å²) in [5.74, 6) is 1.58. The van der Waals surface area contributed by atoms with Gasteiger partial charge in [-0.05, 0) is 54.4 Å². The van der Waals surface area contributed by atoms with E-state index in [9.17, 15) is 0 Å². The molecule has 0 bridgehead atoms. The molecule has 0 unspecified atom stereocenters. The van der Waals surface area contributed by atoms with Gasteiger partial charge in [0.15, 0.2) is 10.8 Å². The van der Waals surface area contributed by atoms with Crippen LogP contribution in [0.5, 0.6) is 5.75 Å². The highest BCUT2D eigenvalue weighted by Crippen LogP contribution is 2.27. The van der Waals surface area contributed by atoms with Crippen LogP contribution in [-0.4, -0.2) is 30.8 Å². The monoisotopic (exact) mass is 454 g/mol. The second-order valence-corrected chi connectivity index (χ2v) is 8.60. The van der Waals surface area contributed by atoms with Gasteiger partial charge in [0.2, 0.25) is 0 Å². The molecule has 8 heteroatoms. The van der Waals surface area contributed by atoms with Crippen molar-refractivity contribution in [1.29, 1.82) is 5.26 Å². The van der Waals surface area contributed by atoms with E-state index < -0.39 is 0 Å². The number of unbranched alkanes of at least 4 members (excludes halogenated alkanes) is 1. The van der Waals surface area contributed by atoms with Crippen LogP contribution in [0.3, 0.4) is 0 Å². The molecule has 164 valence electrons. The Kier molecular flexibility index (Phi) is 5.96. The molecule has 0 spiro atoms. The molecule has 0 aliphatic rings. The van der Waals surface area contributed by atoms with Crippen molar-refractivity contribution < 1.29 is 4.74 Å². The molecule has 3 heterocycles. The lowest BCUT2D eigenvalue weighted by Gasteiger charge is -2.05. The summed E-state index contributed by atoms with van der Waals surface area (Å²) in [4.78, 5) is 0. The third kappa shape index (κ3) is 4.41. The van der Waals surface area contributed by atoms with Gasteiger partial charge in [-0.1, -0.05) is 37.2 Å². The molecule has 0 amide bonds. The van der Waals surface area contributed by atoms with Gasteiger partial charge in [-0.15, -0.1) is 10.2 Å². The third-order valence-electron chi connectivity index (χ3n) is 5.33. The first-order chi connectivity index (χ1) is 16.2. The third-order valence-corrected chi connectivity index (χ3v) is 6.34. The number of benzene rings is 2. The van der Waals surface area contributed by atoms with Gasteiger partial charge in [-0.25, -0.2) is 4.52 Å². The minimum Gasteiger partial charge on any atom is -0.494 e. The number of aromatic nitrogens is 5. The van der Waals surface area contributed by atoms with Gasteiger partial charge < -0.3 is 4.74 Å². The van der Waals surface area contributed by atoms with E-state index >= 15 is 0 Å². The van der Waals surface area contributed by atoms with E-state index in [1.54, 1.807) is 11.8 Å². The Morgan fingerprint density at radius 3 is 2.76 bits per heavy atom. The molecule has 0 aliphatic heterocycles. The van der Waals surface area contributed by atoms with E-state index in [0.717, 1.165) is 58.3 Å². The topological polar surface area (TPSA) is 80.5 Å². The van der Waals surface area contributed by atoms with Crippen LogP contribution >= 0.6 is 11.8 Å². The molecule has 0 fully saturated rings. The van der Waals surface area contributed by atoms with Crippen molar-refractivity contribution in [3.05, 3.63) is 78.1 Å². The summed E-state index contributed by atoms with van der Waals surface area (Å²) >= 11 is 1.59. The predicted octanol–water partition coefficient (Wildman–Crippen LogP) is 5.39. The Hall–Kier alpha value is -3.83. The average molecular weight is 455 g/mol. The minimum absolute atomic E-state index is 0.660. The van der Waals surface area contributed by atoms with Gasteiger partial charge in [0, 0.05) is 23.7 Å². The Morgan fingerprint density at radius 2 is 1.94 bits per heavy atom. The molecule has 2 aromatic carbocycles. The molecular formula is C25H22N6OS. The molecule has 3 aromatic heterocycles. The van der Waals surface area contributed by atoms with Crippen molar-refractivity contribution >= 4 is 22.9 Å². The average Bonchev–Trinajstić information content (AvgIpc) is 3.47. The zero-order valence-electron chi connectivity index (χ0n) is 18.2. The smallest absolute Gasteiger partial charge is 0.196 e. The molecule has 0 saturated heterocycles. The lowest BCUT2D eigenvalue weighted by atomic mass is 10.1. The molecule has 0 radical (unpaired) electrons. The molecule has 5 rings (SSSR count). The predicted molar refractivity (Wildman–Crippen MR) is 128 cm³/mol. The van der Waals surface area contributed by atoms with Crippen LogP contribution in [0.4, 0.5) is 0 Å². The molecule has 7 nitrogen and oxygen atoms in total. The quantitative estimate of drug-likeness (QED) is 0.231. The van der Waals surface area contributed by atoms with E-state index in [1.807, 2.05) is 75.9 Å². The number of nitriles is 1. The molecule has 0 atom stereocenters. The van der Waals surface area contributed by atoms with Crippen molar-refractivity contribution in [2.45, 2.75) is 30.7 Å². The first kappa shape index (κ1) is 21.0. The van der Waals surface area contributed by atoms with Gasteiger partial charge >= 0.3 is 0 Å². The second kappa shape index (κ2) is 9.35. The highest BCUT2D eigenvalue weighted by atomic mass is 32.2. The standard InChI is InChI=1S/C25H22N6OS/c1-2-3-13-32-21-9-7-20(8-10-21)22-15-23-24-27-28-25(30(24)11-12-31(23)29-22)33-17-19-6-4-5-18(14-19)16-26/h4-12,14-15H,2-3,13,17H2,1H3. The normalized spacial score (nSPS) is 11.2. The van der Waals surface area contributed by atoms with Crippen LogP contribution in [0, 0.1) is 11.3 Å². The summed E-state index contributed by atoms with van der Waals surface area (Å²) in [5.41, 5.74) is 5.27. The van der Waals surface area contributed by atoms with E-state index in [4.69, 9.17) is 15.1 Å². The highest BCUT2D eigenvalue weighted by Gasteiger charge is 2.13. The number of thioether (sulfide) groups is 1. The van der Waals surface area contributed by atoms with Crippen molar-refractivity contribution in [3.8, 4) is 23.1 Å². The van der Waals surface area contributed by atoms with Crippen LogP contribution in [0.15, 0.2) is 72.1 Å². The van der Waals surface area contributed by atoms with Crippen molar-refractivity contribution in [3.63, 3.8) is 0 Å². The number of ether oxygens (including phenoxy) is 1. The molecular weight excluding hydrogens is 432 g/mol. The Balaban J connectivity index is 1.38. The van der Waals surface area contributed by atoms with Crippen LogP contribution < -0.4 is 4.74 Å². The fraction of sp³-hybridized carbons (Fsp3) is 0.200. The zero-order valence-corrected chi connectivity index (χ0v) is 19.0. The maximum Gasteiger partial charge on any atom is 0.196 e. The Morgan fingerprint density at radius 1 is 1.06 bits per heavy atom.